The van der Waals surface area contributed by atoms with Crippen molar-refractivity contribution in [3.63, 3.8) is 0 Å². The van der Waals surface area contributed by atoms with Gasteiger partial charge in [-0.25, -0.2) is 0 Å². The smallest absolute Gasteiger partial charge is 0.184 e. The van der Waals surface area contributed by atoms with E-state index < -0.39 is 16.6 Å². The molecule has 7 atom stereocenters. The summed E-state index contributed by atoms with van der Waals surface area (Å²) in [5.41, 5.74) is 3.36. The molecule has 3 fully saturated rings. The molecule has 0 radical (unpaired) electrons. The zero-order valence-electron chi connectivity index (χ0n) is 22.1. The molecule has 0 N–H and O–H groups in total. The first-order valence-electron chi connectivity index (χ1n) is 12.9. The second-order valence-corrected chi connectivity index (χ2v) is 22.3. The van der Waals surface area contributed by atoms with E-state index in [1.165, 1.54) is 37.8 Å². The van der Waals surface area contributed by atoms with Crippen LogP contribution in [0.3, 0.4) is 0 Å². The van der Waals surface area contributed by atoms with E-state index in [4.69, 9.17) is 13.7 Å². The molecule has 0 aliphatic heterocycles. The molecule has 32 heavy (non-hydrogen) atoms. The molecule has 3 saturated carbocycles. The molecule has 182 valence electrons. The fraction of sp³-hybridized carbons (Fsp3) is 0.885. The van der Waals surface area contributed by atoms with Gasteiger partial charge < -0.3 is 13.7 Å². The summed E-state index contributed by atoms with van der Waals surface area (Å²) in [5.74, 6) is 2.15. The van der Waals surface area contributed by atoms with E-state index in [-0.39, 0.29) is 11.5 Å². The van der Waals surface area contributed by atoms with E-state index in [1.807, 2.05) is 0 Å². The summed E-state index contributed by atoms with van der Waals surface area (Å²) in [5, 5.41) is 4.61. The normalized spacial score (nSPS) is 43.3. The van der Waals surface area contributed by atoms with Gasteiger partial charge in [0.2, 0.25) is 0 Å². The molecule has 0 unspecified atom stereocenters. The van der Waals surface area contributed by atoms with Crippen LogP contribution in [0.5, 0.6) is 0 Å². The Balaban J connectivity index is 1.60. The lowest BCUT2D eigenvalue weighted by Gasteiger charge is -2.57. The van der Waals surface area contributed by atoms with Gasteiger partial charge >= 0.3 is 0 Å². The van der Waals surface area contributed by atoms with Crippen LogP contribution in [0.2, 0.25) is 39.3 Å². The third-order valence-corrected chi connectivity index (χ3v) is 11.0. The molecule has 4 rings (SSSR count). The van der Waals surface area contributed by atoms with Crippen molar-refractivity contribution in [3.05, 3.63) is 11.6 Å². The Hall–Kier alpha value is -0.436. The van der Waals surface area contributed by atoms with E-state index in [1.54, 1.807) is 12.7 Å². The zero-order chi connectivity index (χ0) is 23.5. The number of allylic oxidation sites excluding steroid dienone is 1. The second kappa shape index (κ2) is 8.35. The minimum Gasteiger partial charge on any atom is -0.414 e. The van der Waals surface area contributed by atoms with E-state index in [9.17, 15) is 0 Å². The highest BCUT2D eigenvalue weighted by atomic mass is 28.4. The number of rotatable bonds is 5. The van der Waals surface area contributed by atoms with Gasteiger partial charge in [0.1, 0.15) is 7.11 Å². The summed E-state index contributed by atoms with van der Waals surface area (Å²) in [6, 6.07) is 0. The third kappa shape index (κ3) is 4.46. The summed E-state index contributed by atoms with van der Waals surface area (Å²) in [7, 11) is -1.46. The Kier molecular flexibility index (Phi) is 6.44. The standard InChI is InChI=1S/C26H47NO3Si2/c1-25-14-12-19(29-31(4,5)6)16-18(25)10-11-20-21(25)13-15-26(2)22(20)17-23(24(26)27-28-3)30-32(7,8)9/h10,19-23H,11-17H2,1-9H3/b27-24+/t19-,20+,21-,22-,23-,25-,26-/m0/s1. The topological polar surface area (TPSA) is 40.0 Å². The first kappa shape index (κ1) is 24.7. The van der Waals surface area contributed by atoms with Crippen LogP contribution in [0.15, 0.2) is 16.8 Å². The first-order valence-corrected chi connectivity index (χ1v) is 19.8. The first-order chi connectivity index (χ1) is 14.8. The maximum atomic E-state index is 6.69. The van der Waals surface area contributed by atoms with Crippen molar-refractivity contribution in [3.8, 4) is 0 Å². The molecule has 0 aromatic carbocycles. The maximum absolute atomic E-state index is 6.69. The van der Waals surface area contributed by atoms with Gasteiger partial charge in [-0.05, 0) is 107 Å². The zero-order valence-corrected chi connectivity index (χ0v) is 24.1. The van der Waals surface area contributed by atoms with Crippen LogP contribution in [-0.4, -0.2) is 41.7 Å². The lowest BCUT2D eigenvalue weighted by atomic mass is 9.48. The number of fused-ring (bicyclic) bond motifs is 5. The number of hydrogen-bond donors (Lipinski definition) is 0. The van der Waals surface area contributed by atoms with Crippen LogP contribution in [-0.2, 0) is 13.7 Å². The van der Waals surface area contributed by atoms with Crippen LogP contribution in [0, 0.1) is 28.6 Å². The molecule has 6 heteroatoms. The summed E-state index contributed by atoms with van der Waals surface area (Å²) >= 11 is 0. The molecule has 0 saturated heterocycles. The molecule has 0 amide bonds. The van der Waals surface area contributed by atoms with Gasteiger partial charge in [0.05, 0.1) is 11.8 Å². The van der Waals surface area contributed by atoms with Gasteiger partial charge in [-0.15, -0.1) is 0 Å². The third-order valence-electron chi connectivity index (χ3n) is 9.01. The van der Waals surface area contributed by atoms with Gasteiger partial charge in [-0.1, -0.05) is 30.7 Å². The Morgan fingerprint density at radius 1 is 0.906 bits per heavy atom. The molecule has 0 aromatic heterocycles. The van der Waals surface area contributed by atoms with Gasteiger partial charge in [0.15, 0.2) is 16.6 Å². The predicted molar refractivity (Wildman–Crippen MR) is 138 cm³/mol. The second-order valence-electron chi connectivity index (χ2n) is 13.4. The molecule has 0 bridgehead atoms. The van der Waals surface area contributed by atoms with Crippen molar-refractivity contribution in [2.45, 2.75) is 110 Å². The van der Waals surface area contributed by atoms with E-state index in [0.29, 0.717) is 17.4 Å². The molecule has 0 spiro atoms. The quantitative estimate of drug-likeness (QED) is 0.243. The van der Waals surface area contributed by atoms with Gasteiger partial charge in [0.25, 0.3) is 0 Å². The van der Waals surface area contributed by atoms with Crippen molar-refractivity contribution in [2.24, 2.45) is 33.7 Å². The minimum absolute atomic E-state index is 0.112. The minimum atomic E-state index is -1.66. The highest BCUT2D eigenvalue weighted by Gasteiger charge is 2.61. The van der Waals surface area contributed by atoms with E-state index in [2.05, 4.69) is 64.4 Å². The van der Waals surface area contributed by atoms with Crippen molar-refractivity contribution in [1.82, 2.24) is 0 Å². The van der Waals surface area contributed by atoms with Gasteiger partial charge in [-0.3, -0.25) is 0 Å². The largest absolute Gasteiger partial charge is 0.414 e. The van der Waals surface area contributed by atoms with Crippen LogP contribution < -0.4 is 0 Å². The Morgan fingerprint density at radius 2 is 1.56 bits per heavy atom. The van der Waals surface area contributed by atoms with Gasteiger partial charge in [0, 0.05) is 11.5 Å². The van der Waals surface area contributed by atoms with Crippen molar-refractivity contribution in [1.29, 1.82) is 0 Å². The summed E-state index contributed by atoms with van der Waals surface area (Å²) in [6.45, 7) is 18.9. The van der Waals surface area contributed by atoms with Crippen LogP contribution in [0.25, 0.3) is 0 Å². The fourth-order valence-corrected chi connectivity index (χ4v) is 10.1. The van der Waals surface area contributed by atoms with Crippen LogP contribution in [0.1, 0.15) is 58.8 Å². The summed E-state index contributed by atoms with van der Waals surface area (Å²) in [4.78, 5) is 5.38. The van der Waals surface area contributed by atoms with E-state index in [0.717, 1.165) is 24.7 Å². The molecule has 0 heterocycles. The fourth-order valence-electron chi connectivity index (χ4n) is 7.80. The molecule has 4 nitrogen and oxygen atoms in total. The summed E-state index contributed by atoms with van der Waals surface area (Å²) in [6.07, 6.45) is 11.7. The van der Waals surface area contributed by atoms with Crippen molar-refractivity contribution in [2.75, 3.05) is 7.11 Å². The molecule has 4 aliphatic carbocycles. The average molecular weight is 478 g/mol. The number of oxime groups is 1. The van der Waals surface area contributed by atoms with Crippen LogP contribution in [0.4, 0.5) is 0 Å². The van der Waals surface area contributed by atoms with E-state index >= 15 is 0 Å². The van der Waals surface area contributed by atoms with Crippen molar-refractivity contribution >= 4 is 22.3 Å². The molecular weight excluding hydrogens is 430 g/mol. The molecule has 0 aromatic rings. The SMILES string of the molecule is CO/N=C1\[C@@H](O[Si](C)(C)C)C[C@H]2[C@@H]3CC=C4C[C@@H](O[Si](C)(C)C)CC[C@]4(C)[C@H]3CC[C@]12C. The molecule has 4 aliphatic rings. The highest BCUT2D eigenvalue weighted by molar-refractivity contribution is 6.70. The Labute approximate surface area is 198 Å². The predicted octanol–water partition coefficient (Wildman–Crippen LogP) is 7.00. The van der Waals surface area contributed by atoms with Gasteiger partial charge in [-0.2, -0.15) is 0 Å². The number of nitrogens with zero attached hydrogens (tertiary/aromatic N) is 1. The van der Waals surface area contributed by atoms with Crippen LogP contribution >= 0.6 is 0 Å². The lowest BCUT2D eigenvalue weighted by molar-refractivity contribution is -0.0215. The highest BCUT2D eigenvalue weighted by Crippen LogP contribution is 2.64. The Bertz CT molecular complexity index is 783. The number of hydrogen-bond acceptors (Lipinski definition) is 4. The van der Waals surface area contributed by atoms with Crippen molar-refractivity contribution < 1.29 is 13.7 Å². The lowest BCUT2D eigenvalue weighted by Crippen LogP contribution is -2.51. The Morgan fingerprint density at radius 3 is 2.19 bits per heavy atom. The summed E-state index contributed by atoms with van der Waals surface area (Å²) < 4.78 is 13.2. The maximum Gasteiger partial charge on any atom is 0.184 e. The molecular formula is C26H47NO3Si2. The monoisotopic (exact) mass is 477 g/mol. The average Bonchev–Trinajstić information content (AvgIpc) is 2.92.